The third kappa shape index (κ3) is 9.30. The number of nitrogens with one attached hydrogen (secondary N) is 1. The number of aromatic nitrogens is 7. The van der Waals surface area contributed by atoms with Gasteiger partial charge in [-0.3, -0.25) is 9.58 Å². The molecule has 1 saturated heterocycles. The van der Waals surface area contributed by atoms with Gasteiger partial charge in [0, 0.05) is 42.8 Å². The molecule has 16 heteroatoms. The molecular weight excluding hydrogens is 682 g/mol. The molecule has 1 aliphatic heterocycles. The first-order valence-electron chi connectivity index (χ1n) is 17.2. The van der Waals surface area contributed by atoms with Crippen molar-refractivity contribution in [3.8, 4) is 22.8 Å². The van der Waals surface area contributed by atoms with Gasteiger partial charge in [-0.05, 0) is 64.2 Å². The lowest BCUT2D eigenvalue weighted by atomic mass is 9.89. The summed E-state index contributed by atoms with van der Waals surface area (Å²) in [5, 5.41) is 12.7. The Labute approximate surface area is 298 Å². The van der Waals surface area contributed by atoms with Crippen LogP contribution in [-0.2, 0) is 21.1 Å². The number of sulfone groups is 1. The van der Waals surface area contributed by atoms with E-state index < -0.39 is 9.84 Å². The Hall–Kier alpha value is -3.79. The van der Waals surface area contributed by atoms with E-state index in [1.807, 2.05) is 29.9 Å². The Morgan fingerprint density at radius 1 is 1.06 bits per heavy atom. The molecule has 14 nitrogen and oxygen atoms in total. The fraction of sp³-hybridized carbons (Fsp3) is 0.559. The second-order valence-electron chi connectivity index (χ2n) is 13.2. The Bertz CT molecular complexity index is 1790. The van der Waals surface area contributed by atoms with Gasteiger partial charge in [0.2, 0.25) is 5.95 Å². The summed E-state index contributed by atoms with van der Waals surface area (Å²) in [4.78, 5) is 15.7. The van der Waals surface area contributed by atoms with Gasteiger partial charge in [-0.1, -0.05) is 24.6 Å². The van der Waals surface area contributed by atoms with Crippen LogP contribution in [0.5, 0.6) is 11.6 Å². The number of ether oxygens (including phenoxy) is 3. The summed E-state index contributed by atoms with van der Waals surface area (Å²) in [6, 6.07) is 6.26. The molecule has 1 aliphatic carbocycles. The average molecular weight is 728 g/mol. The van der Waals surface area contributed by atoms with Crippen molar-refractivity contribution in [1.29, 1.82) is 0 Å². The normalized spacial score (nSPS) is 22.3. The Morgan fingerprint density at radius 2 is 1.78 bits per heavy atom. The fourth-order valence-electron chi connectivity index (χ4n) is 6.65. The summed E-state index contributed by atoms with van der Waals surface area (Å²) in [5.74, 6) is 1.19. The van der Waals surface area contributed by atoms with E-state index >= 15 is 0 Å². The van der Waals surface area contributed by atoms with Gasteiger partial charge in [0.25, 0.3) is 5.88 Å². The van der Waals surface area contributed by atoms with Crippen LogP contribution in [0.2, 0.25) is 5.02 Å². The van der Waals surface area contributed by atoms with Crippen molar-refractivity contribution in [2.24, 2.45) is 0 Å². The van der Waals surface area contributed by atoms with E-state index in [4.69, 9.17) is 30.9 Å². The zero-order valence-corrected chi connectivity index (χ0v) is 30.6. The molecule has 4 aromatic rings. The molecule has 0 bridgehead atoms. The van der Waals surface area contributed by atoms with E-state index in [1.54, 1.807) is 36.4 Å². The van der Waals surface area contributed by atoms with E-state index in [-0.39, 0.29) is 42.5 Å². The summed E-state index contributed by atoms with van der Waals surface area (Å²) in [6.07, 6.45) is 12.9. The molecule has 3 atom stereocenters. The molecule has 1 aromatic carbocycles. The standard InChI is InChI=1S/C34H46ClN9O5S/c1-5-50(45,46)13-12-47-33-31(20-44(41-33)29-9-7-28(8-10-29)42-17-23(2)48-24(3)18-42)40-34-37-15-27(16-38-34)26-6-11-30(35)32(14-26)49-25(4)19-43-22-36-21-39-43/h6,11,14-16,20-25,28-29H,5,7-10,12-13,17-19H2,1-4H3,(H,37,38,40)/t23-,24+,25-,28?,29?/m0/s1. The number of benzene rings is 1. The summed E-state index contributed by atoms with van der Waals surface area (Å²) >= 11 is 6.46. The minimum atomic E-state index is -3.20. The van der Waals surface area contributed by atoms with Crippen LogP contribution in [0, 0.1) is 0 Å². The molecule has 270 valence electrons. The van der Waals surface area contributed by atoms with Crippen molar-refractivity contribution in [3.63, 3.8) is 0 Å². The fourth-order valence-corrected chi connectivity index (χ4v) is 7.44. The van der Waals surface area contributed by atoms with Gasteiger partial charge in [-0.2, -0.15) is 5.10 Å². The summed E-state index contributed by atoms with van der Waals surface area (Å²) in [6.45, 7) is 10.3. The number of anilines is 2. The van der Waals surface area contributed by atoms with Crippen LogP contribution in [0.15, 0.2) is 49.4 Å². The average Bonchev–Trinajstić information content (AvgIpc) is 3.76. The molecule has 0 amide bonds. The predicted octanol–water partition coefficient (Wildman–Crippen LogP) is 5.20. The van der Waals surface area contributed by atoms with Crippen LogP contribution in [0.1, 0.15) is 59.4 Å². The first kappa shape index (κ1) is 36.0. The van der Waals surface area contributed by atoms with Gasteiger partial charge in [-0.15, -0.1) is 5.10 Å². The molecule has 1 saturated carbocycles. The van der Waals surface area contributed by atoms with Crippen LogP contribution in [0.3, 0.4) is 0 Å². The number of hydrogen-bond acceptors (Lipinski definition) is 12. The number of rotatable bonds is 14. The van der Waals surface area contributed by atoms with Crippen LogP contribution in [0.4, 0.5) is 11.6 Å². The highest BCUT2D eigenvalue weighted by molar-refractivity contribution is 7.91. The molecular formula is C34H46ClN9O5S. The minimum Gasteiger partial charge on any atom is -0.487 e. The molecule has 0 spiro atoms. The Balaban J connectivity index is 1.13. The van der Waals surface area contributed by atoms with Gasteiger partial charge in [0.05, 0.1) is 41.8 Å². The Kier molecular flexibility index (Phi) is 11.6. The quantitative estimate of drug-likeness (QED) is 0.182. The summed E-state index contributed by atoms with van der Waals surface area (Å²) in [7, 11) is -3.20. The maximum atomic E-state index is 12.2. The molecule has 4 heterocycles. The molecule has 2 fully saturated rings. The van der Waals surface area contributed by atoms with E-state index in [2.05, 4.69) is 44.1 Å². The molecule has 2 aliphatic rings. The van der Waals surface area contributed by atoms with Crippen molar-refractivity contribution < 1.29 is 22.6 Å². The lowest BCUT2D eigenvalue weighted by molar-refractivity contribution is -0.0852. The number of hydrogen-bond donors (Lipinski definition) is 1. The molecule has 50 heavy (non-hydrogen) atoms. The second kappa shape index (κ2) is 16.0. The molecule has 3 aromatic heterocycles. The molecule has 0 unspecified atom stereocenters. The van der Waals surface area contributed by atoms with Crippen LogP contribution in [0.25, 0.3) is 11.1 Å². The first-order valence-corrected chi connectivity index (χ1v) is 19.4. The topological polar surface area (TPSA) is 151 Å². The molecule has 1 N–H and O–H groups in total. The zero-order valence-electron chi connectivity index (χ0n) is 29.0. The van der Waals surface area contributed by atoms with Gasteiger partial charge < -0.3 is 19.5 Å². The molecule has 0 radical (unpaired) electrons. The van der Waals surface area contributed by atoms with Gasteiger partial charge in [0.15, 0.2) is 9.84 Å². The van der Waals surface area contributed by atoms with Crippen molar-refractivity contribution in [2.45, 2.75) is 90.3 Å². The zero-order chi connectivity index (χ0) is 35.3. The number of nitrogens with zero attached hydrogens (tertiary/aromatic N) is 8. The highest BCUT2D eigenvalue weighted by atomic mass is 35.5. The monoisotopic (exact) mass is 727 g/mol. The van der Waals surface area contributed by atoms with Crippen molar-refractivity contribution in [2.75, 3.05) is 36.5 Å². The molecule has 6 rings (SSSR count). The highest BCUT2D eigenvalue weighted by Crippen LogP contribution is 2.36. The van der Waals surface area contributed by atoms with Crippen LogP contribution in [-0.4, -0.2) is 103 Å². The summed E-state index contributed by atoms with van der Waals surface area (Å²) in [5.41, 5.74) is 2.20. The minimum absolute atomic E-state index is 0.000222. The van der Waals surface area contributed by atoms with Gasteiger partial charge >= 0.3 is 0 Å². The lowest BCUT2D eigenvalue weighted by Gasteiger charge is -2.42. The third-order valence-electron chi connectivity index (χ3n) is 9.18. The second-order valence-corrected chi connectivity index (χ2v) is 16.1. The van der Waals surface area contributed by atoms with Crippen molar-refractivity contribution >= 4 is 33.1 Å². The maximum absolute atomic E-state index is 12.2. The van der Waals surface area contributed by atoms with E-state index in [1.165, 1.54) is 6.33 Å². The predicted molar refractivity (Wildman–Crippen MR) is 191 cm³/mol. The summed E-state index contributed by atoms with van der Waals surface area (Å²) < 4.78 is 46.0. The third-order valence-corrected chi connectivity index (χ3v) is 11.2. The lowest BCUT2D eigenvalue weighted by Crippen LogP contribution is -2.51. The van der Waals surface area contributed by atoms with Gasteiger partial charge in [0.1, 0.15) is 36.8 Å². The number of morpholine rings is 1. The first-order chi connectivity index (χ1) is 24.0. The van der Waals surface area contributed by atoms with Crippen LogP contribution >= 0.6 is 11.6 Å². The smallest absolute Gasteiger partial charge is 0.256 e. The SMILES string of the molecule is CCS(=O)(=O)CCOc1nn(C2CCC(N3C[C@@H](C)O[C@@H](C)C3)CC2)cc1Nc1ncc(-c2ccc(Cl)c(O[C@@H](C)Cn3cncn3)c2)cn1. The van der Waals surface area contributed by atoms with E-state index in [9.17, 15) is 8.42 Å². The Morgan fingerprint density at radius 3 is 2.46 bits per heavy atom. The largest absolute Gasteiger partial charge is 0.487 e. The van der Waals surface area contributed by atoms with E-state index in [0.29, 0.717) is 40.9 Å². The van der Waals surface area contributed by atoms with Crippen LogP contribution < -0.4 is 14.8 Å². The number of halogens is 1. The van der Waals surface area contributed by atoms with E-state index in [0.717, 1.165) is 49.9 Å². The highest BCUT2D eigenvalue weighted by Gasteiger charge is 2.32. The van der Waals surface area contributed by atoms with Crippen molar-refractivity contribution in [1.82, 2.24) is 39.4 Å². The maximum Gasteiger partial charge on any atom is 0.256 e. The van der Waals surface area contributed by atoms with Gasteiger partial charge in [-0.25, -0.2) is 28.1 Å². The van der Waals surface area contributed by atoms with Crippen molar-refractivity contribution in [3.05, 3.63) is 54.5 Å².